The van der Waals surface area contributed by atoms with Gasteiger partial charge in [-0.05, 0) is 67.9 Å². The van der Waals surface area contributed by atoms with E-state index in [-0.39, 0.29) is 0 Å². The van der Waals surface area contributed by atoms with Gasteiger partial charge in [0.05, 0.1) is 5.41 Å². The second-order valence-electron chi connectivity index (χ2n) is 15.5. The number of ether oxygens (including phenoxy) is 2. The average molecular weight is 782 g/mol. The van der Waals surface area contributed by atoms with E-state index in [4.69, 9.17) is 24.4 Å². The third-order valence-corrected chi connectivity index (χ3v) is 12.1. The Morgan fingerprint density at radius 3 is 1.69 bits per heavy atom. The summed E-state index contributed by atoms with van der Waals surface area (Å²) in [7, 11) is 0. The molecule has 12 rings (SSSR count). The number of benzene rings is 9. The Hall–Kier alpha value is -8.15. The van der Waals surface area contributed by atoms with Gasteiger partial charge in [-0.25, -0.2) is 15.0 Å². The molecule has 0 radical (unpaired) electrons. The molecule has 5 nitrogen and oxygen atoms in total. The van der Waals surface area contributed by atoms with Gasteiger partial charge in [-0.15, -0.1) is 0 Å². The van der Waals surface area contributed by atoms with Crippen LogP contribution < -0.4 is 9.47 Å². The van der Waals surface area contributed by atoms with Crippen LogP contribution in [0, 0.1) is 0 Å². The second-order valence-corrected chi connectivity index (χ2v) is 15.5. The first-order valence-corrected chi connectivity index (χ1v) is 20.5. The third-order valence-electron chi connectivity index (χ3n) is 12.1. The number of hydrogen-bond acceptors (Lipinski definition) is 5. The van der Waals surface area contributed by atoms with E-state index in [2.05, 4.69) is 164 Å². The summed E-state index contributed by atoms with van der Waals surface area (Å²) in [6, 6.07) is 73.7. The molecule has 0 saturated heterocycles. The molecule has 2 aliphatic rings. The second kappa shape index (κ2) is 14.0. The van der Waals surface area contributed by atoms with Crippen molar-refractivity contribution in [2.45, 2.75) is 5.41 Å². The molecule has 0 bridgehead atoms. The summed E-state index contributed by atoms with van der Waals surface area (Å²) in [5.74, 6) is 4.50. The molecule has 10 aromatic rings. The summed E-state index contributed by atoms with van der Waals surface area (Å²) in [5, 5.41) is 2.21. The molecule has 286 valence electrons. The fraction of sp³-hybridized carbons (Fsp3) is 0.0179. The first-order valence-electron chi connectivity index (χ1n) is 20.5. The van der Waals surface area contributed by atoms with E-state index in [1.54, 1.807) is 0 Å². The van der Waals surface area contributed by atoms with E-state index in [0.717, 1.165) is 55.3 Å². The normalized spacial score (nSPS) is 13.0. The molecule has 0 amide bonds. The Labute approximate surface area is 353 Å². The number of hydrogen-bond donors (Lipinski definition) is 0. The summed E-state index contributed by atoms with van der Waals surface area (Å²) in [6.07, 6.45) is 0. The zero-order chi connectivity index (χ0) is 40.3. The van der Waals surface area contributed by atoms with Crippen LogP contribution in [0.5, 0.6) is 23.0 Å². The van der Waals surface area contributed by atoms with Crippen molar-refractivity contribution in [3.8, 4) is 79.4 Å². The molecule has 0 fully saturated rings. The lowest BCUT2D eigenvalue weighted by atomic mass is 9.68. The van der Waals surface area contributed by atoms with Crippen molar-refractivity contribution in [1.29, 1.82) is 0 Å². The molecule has 0 unspecified atom stereocenters. The zero-order valence-corrected chi connectivity index (χ0v) is 32.9. The third kappa shape index (κ3) is 5.52. The predicted molar refractivity (Wildman–Crippen MR) is 243 cm³/mol. The number of fused-ring (bicyclic) bond motifs is 7. The van der Waals surface area contributed by atoms with E-state index in [1.807, 2.05) is 48.5 Å². The van der Waals surface area contributed by atoms with Crippen LogP contribution in [0.25, 0.3) is 67.2 Å². The van der Waals surface area contributed by atoms with Gasteiger partial charge in [0.1, 0.15) is 0 Å². The number of nitrogens with zero attached hydrogens (tertiary/aromatic N) is 3. The Bertz CT molecular complexity index is 3270. The standard InChI is InChI=1S/C56H35N3O2/c1-4-18-37(19-5-1)53-57-54(59-55(58-53)44-29-16-20-36-17-10-11-25-41(36)44)43-27-13-12-26-42(43)38-31-33-48-50(35-38)61-52-49(60-48)34-32-47-51(52)45-28-14-15-30-46(45)56(47,39-21-6-2-7-22-39)40-23-8-3-9-24-40/h1-35H. The van der Waals surface area contributed by atoms with E-state index in [0.29, 0.717) is 40.5 Å². The molecule has 1 aromatic heterocycles. The van der Waals surface area contributed by atoms with Crippen LogP contribution in [-0.2, 0) is 5.41 Å². The average Bonchev–Trinajstić information content (AvgIpc) is 3.65. The van der Waals surface area contributed by atoms with Gasteiger partial charge in [0, 0.05) is 22.3 Å². The van der Waals surface area contributed by atoms with Gasteiger partial charge >= 0.3 is 0 Å². The molecule has 9 aromatic carbocycles. The van der Waals surface area contributed by atoms with Gasteiger partial charge in [-0.3, -0.25) is 0 Å². The number of rotatable bonds is 6. The van der Waals surface area contributed by atoms with Gasteiger partial charge in [0.25, 0.3) is 0 Å². The molecule has 1 aliphatic heterocycles. The zero-order valence-electron chi connectivity index (χ0n) is 32.9. The molecule has 0 saturated carbocycles. The summed E-state index contributed by atoms with van der Waals surface area (Å²) >= 11 is 0. The Morgan fingerprint density at radius 1 is 0.344 bits per heavy atom. The fourth-order valence-corrected chi connectivity index (χ4v) is 9.41. The monoisotopic (exact) mass is 781 g/mol. The lowest BCUT2D eigenvalue weighted by molar-refractivity contribution is 0.360. The smallest absolute Gasteiger partial charge is 0.178 e. The molecule has 61 heavy (non-hydrogen) atoms. The van der Waals surface area contributed by atoms with E-state index < -0.39 is 5.41 Å². The van der Waals surface area contributed by atoms with Crippen LogP contribution in [0.3, 0.4) is 0 Å². The van der Waals surface area contributed by atoms with Crippen molar-refractivity contribution in [3.63, 3.8) is 0 Å². The molecule has 0 atom stereocenters. The van der Waals surface area contributed by atoms with Crippen molar-refractivity contribution >= 4 is 10.8 Å². The highest BCUT2D eigenvalue weighted by Gasteiger charge is 2.48. The van der Waals surface area contributed by atoms with E-state index in [9.17, 15) is 0 Å². The maximum Gasteiger partial charge on any atom is 0.178 e. The summed E-state index contributed by atoms with van der Waals surface area (Å²) in [4.78, 5) is 15.4. The molecule has 5 heteroatoms. The van der Waals surface area contributed by atoms with E-state index in [1.165, 1.54) is 16.7 Å². The Balaban J connectivity index is 1.000. The lowest BCUT2D eigenvalue weighted by Crippen LogP contribution is -2.28. The highest BCUT2D eigenvalue weighted by molar-refractivity contribution is 5.96. The summed E-state index contributed by atoms with van der Waals surface area (Å²) in [5.41, 5.74) is 11.0. The van der Waals surface area contributed by atoms with Crippen LogP contribution in [0.1, 0.15) is 22.3 Å². The fourth-order valence-electron chi connectivity index (χ4n) is 9.41. The minimum absolute atomic E-state index is 0.554. The minimum atomic E-state index is -0.554. The molecule has 1 aliphatic carbocycles. The summed E-state index contributed by atoms with van der Waals surface area (Å²) < 4.78 is 13.8. The van der Waals surface area contributed by atoms with Crippen LogP contribution in [0.2, 0.25) is 0 Å². The first kappa shape index (κ1) is 34.9. The molecular formula is C56H35N3O2. The Kier molecular flexibility index (Phi) is 8.00. The quantitative estimate of drug-likeness (QED) is 0.168. The summed E-state index contributed by atoms with van der Waals surface area (Å²) in [6.45, 7) is 0. The lowest BCUT2D eigenvalue weighted by Gasteiger charge is -2.34. The largest absolute Gasteiger partial charge is 0.449 e. The van der Waals surface area contributed by atoms with Crippen molar-refractivity contribution < 1.29 is 9.47 Å². The highest BCUT2D eigenvalue weighted by Crippen LogP contribution is 2.62. The van der Waals surface area contributed by atoms with Crippen LogP contribution in [0.15, 0.2) is 212 Å². The van der Waals surface area contributed by atoms with Gasteiger partial charge in [0.2, 0.25) is 0 Å². The number of aromatic nitrogens is 3. The maximum absolute atomic E-state index is 7.08. The highest BCUT2D eigenvalue weighted by atomic mass is 16.6. The molecule has 0 spiro atoms. The molecular weight excluding hydrogens is 747 g/mol. The van der Waals surface area contributed by atoms with Crippen LogP contribution >= 0.6 is 0 Å². The topological polar surface area (TPSA) is 57.1 Å². The molecule has 0 N–H and O–H groups in total. The van der Waals surface area contributed by atoms with E-state index >= 15 is 0 Å². The Morgan fingerprint density at radius 2 is 0.918 bits per heavy atom. The van der Waals surface area contributed by atoms with Crippen molar-refractivity contribution in [2.75, 3.05) is 0 Å². The van der Waals surface area contributed by atoms with Crippen molar-refractivity contribution in [2.24, 2.45) is 0 Å². The van der Waals surface area contributed by atoms with Crippen molar-refractivity contribution in [3.05, 3.63) is 235 Å². The predicted octanol–water partition coefficient (Wildman–Crippen LogP) is 14.0. The van der Waals surface area contributed by atoms with Crippen molar-refractivity contribution in [1.82, 2.24) is 15.0 Å². The minimum Gasteiger partial charge on any atom is -0.449 e. The van der Waals surface area contributed by atoms with Gasteiger partial charge < -0.3 is 9.47 Å². The maximum atomic E-state index is 7.08. The van der Waals surface area contributed by atoms with Gasteiger partial charge in [0.15, 0.2) is 40.5 Å². The van der Waals surface area contributed by atoms with Crippen LogP contribution in [-0.4, -0.2) is 15.0 Å². The molecule has 2 heterocycles. The first-order chi connectivity index (χ1) is 30.2. The van der Waals surface area contributed by atoms with Gasteiger partial charge in [-0.1, -0.05) is 194 Å². The SMILES string of the molecule is c1ccc(-c2nc(-c3ccccc3-c3ccc4c(c3)Oc3c(ccc5c3-c3ccccc3C5(c3ccccc3)c3ccccc3)O4)nc(-c3cccc4ccccc34)n2)cc1. The van der Waals surface area contributed by atoms with Crippen LogP contribution in [0.4, 0.5) is 0 Å². The van der Waals surface area contributed by atoms with Gasteiger partial charge in [-0.2, -0.15) is 0 Å².